The summed E-state index contributed by atoms with van der Waals surface area (Å²) in [6.07, 6.45) is 6.91. The summed E-state index contributed by atoms with van der Waals surface area (Å²) in [6, 6.07) is 0.129. The number of nitrogens with zero attached hydrogens (tertiary/aromatic N) is 5. The molecule has 0 unspecified atom stereocenters. The fourth-order valence-electron chi connectivity index (χ4n) is 4.23. The van der Waals surface area contributed by atoms with Crippen LogP contribution in [0.5, 0.6) is 0 Å². The molecular weight excluding hydrogens is 352 g/mol. The number of aliphatic hydroxyl groups excluding tert-OH is 1. The lowest BCUT2D eigenvalue weighted by Crippen LogP contribution is -2.38. The third kappa shape index (κ3) is 3.81. The summed E-state index contributed by atoms with van der Waals surface area (Å²) in [5, 5.41) is 13.4. The summed E-state index contributed by atoms with van der Waals surface area (Å²) in [4.78, 5) is 20.6. The predicted octanol–water partition coefficient (Wildman–Crippen LogP) is 2.97. The van der Waals surface area contributed by atoms with E-state index in [2.05, 4.69) is 45.9 Å². The molecule has 0 saturated carbocycles. The highest BCUT2D eigenvalue weighted by Crippen LogP contribution is 2.42. The minimum atomic E-state index is -0.194. The molecule has 1 aliphatic carbocycles. The molecule has 2 aliphatic rings. The summed E-state index contributed by atoms with van der Waals surface area (Å²) in [7, 11) is 0. The van der Waals surface area contributed by atoms with Crippen LogP contribution in [0.25, 0.3) is 0 Å². The Bertz CT molecular complexity index is 860. The van der Waals surface area contributed by atoms with Crippen molar-refractivity contribution in [1.82, 2.24) is 19.9 Å². The molecule has 28 heavy (non-hydrogen) atoms. The third-order valence-electron chi connectivity index (χ3n) is 6.06. The second-order valence-electron chi connectivity index (χ2n) is 8.96. The first-order valence-electron chi connectivity index (χ1n) is 10.2. The van der Waals surface area contributed by atoms with Gasteiger partial charge in [0.05, 0.1) is 17.8 Å². The molecule has 1 aliphatic heterocycles. The Morgan fingerprint density at radius 1 is 1.14 bits per heavy atom. The molecule has 1 atom stereocenters. The van der Waals surface area contributed by atoms with Crippen molar-refractivity contribution < 1.29 is 5.11 Å². The third-order valence-corrected chi connectivity index (χ3v) is 6.06. The van der Waals surface area contributed by atoms with Crippen molar-refractivity contribution in [3.8, 4) is 0 Å². The quantitative estimate of drug-likeness (QED) is 0.844. The summed E-state index contributed by atoms with van der Waals surface area (Å²) >= 11 is 0. The standard InChI is InChI=1S/C21H30N6O/c1-13-14(2)23-12-24-19(13)25-17-9-21(3,4)10-18-16(17)11-22-20(26-18)27-7-5-15(28)6-8-27/h11-12,15,17,28H,5-10H2,1-4H3,(H,23,24,25)/t17-/m0/s1. The van der Waals surface area contributed by atoms with E-state index in [0.29, 0.717) is 0 Å². The van der Waals surface area contributed by atoms with Crippen molar-refractivity contribution in [3.05, 3.63) is 35.0 Å². The van der Waals surface area contributed by atoms with Crippen molar-refractivity contribution in [2.75, 3.05) is 23.3 Å². The highest BCUT2D eigenvalue weighted by molar-refractivity contribution is 5.48. The molecule has 7 nitrogen and oxygen atoms in total. The van der Waals surface area contributed by atoms with Gasteiger partial charge in [0.25, 0.3) is 0 Å². The molecule has 150 valence electrons. The number of nitrogens with one attached hydrogen (secondary N) is 1. The number of aromatic nitrogens is 4. The maximum Gasteiger partial charge on any atom is 0.225 e. The minimum Gasteiger partial charge on any atom is -0.393 e. The van der Waals surface area contributed by atoms with Crippen molar-refractivity contribution in [2.24, 2.45) is 5.41 Å². The zero-order chi connectivity index (χ0) is 19.9. The second-order valence-corrected chi connectivity index (χ2v) is 8.96. The zero-order valence-corrected chi connectivity index (χ0v) is 17.2. The van der Waals surface area contributed by atoms with E-state index in [1.54, 1.807) is 6.33 Å². The van der Waals surface area contributed by atoms with Gasteiger partial charge in [-0.2, -0.15) is 0 Å². The Morgan fingerprint density at radius 3 is 2.64 bits per heavy atom. The van der Waals surface area contributed by atoms with E-state index in [0.717, 1.165) is 73.1 Å². The first kappa shape index (κ1) is 19.1. The molecule has 0 aromatic carbocycles. The van der Waals surface area contributed by atoms with Crippen LogP contribution in [0.3, 0.4) is 0 Å². The van der Waals surface area contributed by atoms with Crippen molar-refractivity contribution in [3.63, 3.8) is 0 Å². The van der Waals surface area contributed by atoms with Gasteiger partial charge < -0.3 is 15.3 Å². The average Bonchev–Trinajstić information content (AvgIpc) is 2.64. The van der Waals surface area contributed by atoms with E-state index in [4.69, 9.17) is 4.98 Å². The van der Waals surface area contributed by atoms with Gasteiger partial charge in [0.15, 0.2) is 0 Å². The molecule has 2 aromatic rings. The number of aliphatic hydroxyl groups is 1. The summed E-state index contributed by atoms with van der Waals surface area (Å²) in [6.45, 7) is 10.3. The molecule has 0 amide bonds. The fraction of sp³-hybridized carbons (Fsp3) is 0.619. The summed E-state index contributed by atoms with van der Waals surface area (Å²) in [5.41, 5.74) is 4.50. The van der Waals surface area contributed by atoms with Crippen molar-refractivity contribution >= 4 is 11.8 Å². The number of piperidine rings is 1. The Kier molecular flexibility index (Phi) is 4.95. The first-order valence-corrected chi connectivity index (χ1v) is 10.2. The van der Waals surface area contributed by atoms with E-state index in [-0.39, 0.29) is 17.6 Å². The predicted molar refractivity (Wildman–Crippen MR) is 109 cm³/mol. The van der Waals surface area contributed by atoms with Gasteiger partial charge in [0.2, 0.25) is 5.95 Å². The van der Waals surface area contributed by atoms with E-state index in [1.807, 2.05) is 13.1 Å². The van der Waals surface area contributed by atoms with Crippen LogP contribution in [0.2, 0.25) is 0 Å². The first-order chi connectivity index (χ1) is 13.3. The molecule has 2 N–H and O–H groups in total. The molecule has 0 bridgehead atoms. The number of rotatable bonds is 3. The zero-order valence-electron chi connectivity index (χ0n) is 17.2. The van der Waals surface area contributed by atoms with Crippen LogP contribution in [-0.2, 0) is 6.42 Å². The summed E-state index contributed by atoms with van der Waals surface area (Å²) < 4.78 is 0. The molecule has 1 saturated heterocycles. The normalized spacial score (nSPS) is 22.0. The number of hydrogen-bond acceptors (Lipinski definition) is 7. The molecule has 0 radical (unpaired) electrons. The molecule has 1 fully saturated rings. The minimum absolute atomic E-state index is 0.129. The van der Waals surface area contributed by atoms with Gasteiger partial charge in [-0.25, -0.2) is 19.9 Å². The lowest BCUT2D eigenvalue weighted by Gasteiger charge is -2.37. The van der Waals surface area contributed by atoms with Crippen molar-refractivity contribution in [1.29, 1.82) is 0 Å². The van der Waals surface area contributed by atoms with Gasteiger partial charge in [-0.1, -0.05) is 13.8 Å². The van der Waals surface area contributed by atoms with E-state index in [9.17, 15) is 5.11 Å². The van der Waals surface area contributed by atoms with E-state index >= 15 is 0 Å². The Morgan fingerprint density at radius 2 is 1.89 bits per heavy atom. The Hall–Kier alpha value is -2.28. The molecule has 2 aromatic heterocycles. The van der Waals surface area contributed by atoms with Crippen LogP contribution in [-0.4, -0.2) is 44.2 Å². The highest BCUT2D eigenvalue weighted by Gasteiger charge is 2.34. The van der Waals surface area contributed by atoms with Gasteiger partial charge in [-0.15, -0.1) is 0 Å². The lowest BCUT2D eigenvalue weighted by atomic mass is 9.74. The van der Waals surface area contributed by atoms with Crippen LogP contribution in [0, 0.1) is 19.3 Å². The van der Waals surface area contributed by atoms with Crippen LogP contribution >= 0.6 is 0 Å². The van der Waals surface area contributed by atoms with Crippen LogP contribution in [0.4, 0.5) is 11.8 Å². The number of fused-ring (bicyclic) bond motifs is 1. The van der Waals surface area contributed by atoms with Gasteiger partial charge >= 0.3 is 0 Å². The number of hydrogen-bond donors (Lipinski definition) is 2. The molecule has 4 rings (SSSR count). The molecule has 0 spiro atoms. The van der Waals surface area contributed by atoms with Crippen LogP contribution in [0.15, 0.2) is 12.5 Å². The Balaban J connectivity index is 1.63. The molecule has 3 heterocycles. The number of anilines is 2. The van der Waals surface area contributed by atoms with E-state index in [1.165, 1.54) is 0 Å². The average molecular weight is 383 g/mol. The summed E-state index contributed by atoms with van der Waals surface area (Å²) in [5.74, 6) is 1.67. The fourth-order valence-corrected chi connectivity index (χ4v) is 4.23. The largest absolute Gasteiger partial charge is 0.393 e. The lowest BCUT2D eigenvalue weighted by molar-refractivity contribution is 0.145. The molecular formula is C21H30N6O. The highest BCUT2D eigenvalue weighted by atomic mass is 16.3. The maximum absolute atomic E-state index is 9.77. The monoisotopic (exact) mass is 382 g/mol. The second kappa shape index (κ2) is 7.28. The van der Waals surface area contributed by atoms with Gasteiger partial charge in [-0.05, 0) is 44.9 Å². The van der Waals surface area contributed by atoms with Gasteiger partial charge in [0.1, 0.15) is 12.1 Å². The van der Waals surface area contributed by atoms with Gasteiger partial charge in [-0.3, -0.25) is 0 Å². The maximum atomic E-state index is 9.77. The van der Waals surface area contributed by atoms with Gasteiger partial charge in [0, 0.05) is 36.1 Å². The topological polar surface area (TPSA) is 87.1 Å². The van der Waals surface area contributed by atoms with Crippen LogP contribution in [0.1, 0.15) is 61.7 Å². The SMILES string of the molecule is Cc1ncnc(N[C@H]2CC(C)(C)Cc3nc(N4CCC(O)CC4)ncc32)c1C. The van der Waals surface area contributed by atoms with Crippen molar-refractivity contribution in [2.45, 2.75) is 65.5 Å². The van der Waals surface area contributed by atoms with Crippen LogP contribution < -0.4 is 10.2 Å². The smallest absolute Gasteiger partial charge is 0.225 e. The number of aryl methyl sites for hydroxylation is 1. The Labute approximate surface area is 166 Å². The molecule has 7 heteroatoms. The van der Waals surface area contributed by atoms with E-state index < -0.39 is 0 Å².